The summed E-state index contributed by atoms with van der Waals surface area (Å²) in [6, 6.07) is 12.3. The molecule has 0 saturated heterocycles. The van der Waals surface area contributed by atoms with Gasteiger partial charge in [0.2, 0.25) is 0 Å². The summed E-state index contributed by atoms with van der Waals surface area (Å²) in [5.74, 6) is 2.16. The van der Waals surface area contributed by atoms with Crippen LogP contribution in [0.3, 0.4) is 0 Å². The van der Waals surface area contributed by atoms with Gasteiger partial charge in [-0.2, -0.15) is 5.10 Å². The highest BCUT2D eigenvalue weighted by Gasteiger charge is 2.36. The van der Waals surface area contributed by atoms with Crippen molar-refractivity contribution in [1.29, 1.82) is 0 Å². The minimum Gasteiger partial charge on any atom is -0.497 e. The quantitative estimate of drug-likeness (QED) is 0.835. The van der Waals surface area contributed by atoms with Crippen molar-refractivity contribution in [2.45, 2.75) is 38.3 Å². The van der Waals surface area contributed by atoms with E-state index >= 15 is 0 Å². The summed E-state index contributed by atoms with van der Waals surface area (Å²) in [7, 11) is 1.67. The highest BCUT2D eigenvalue weighted by molar-refractivity contribution is 6.10. The molecule has 150 valence electrons. The van der Waals surface area contributed by atoms with Gasteiger partial charge in [0.15, 0.2) is 5.84 Å². The number of hydrazone groups is 1. The SMILES string of the molecule is COc1cccc(-c2cc3c(cc2NC2CCC2)N2C(=NNC(=O)C2C)CO3)c1. The zero-order valence-electron chi connectivity index (χ0n) is 16.6. The van der Waals surface area contributed by atoms with Crippen LogP contribution in [0, 0.1) is 0 Å². The molecule has 0 bridgehead atoms. The minimum atomic E-state index is -0.343. The average molecular weight is 392 g/mol. The molecule has 29 heavy (non-hydrogen) atoms. The number of nitrogens with one attached hydrogen (secondary N) is 2. The summed E-state index contributed by atoms with van der Waals surface area (Å²) >= 11 is 0. The molecule has 1 atom stereocenters. The third kappa shape index (κ3) is 3.06. The Labute approximate surface area is 169 Å². The summed E-state index contributed by atoms with van der Waals surface area (Å²) in [6.07, 6.45) is 3.58. The molecule has 1 unspecified atom stereocenters. The van der Waals surface area contributed by atoms with Crippen LogP contribution in [0.2, 0.25) is 0 Å². The van der Waals surface area contributed by atoms with Gasteiger partial charge in [0.1, 0.15) is 24.1 Å². The van der Waals surface area contributed by atoms with Gasteiger partial charge in [0, 0.05) is 17.3 Å². The van der Waals surface area contributed by atoms with Gasteiger partial charge in [-0.1, -0.05) is 12.1 Å². The normalized spacial score (nSPS) is 20.5. The number of methoxy groups -OCH3 is 1. The van der Waals surface area contributed by atoms with E-state index in [0.717, 1.165) is 34.0 Å². The van der Waals surface area contributed by atoms with Gasteiger partial charge in [-0.3, -0.25) is 4.79 Å². The van der Waals surface area contributed by atoms with Crippen molar-refractivity contribution in [2.75, 3.05) is 23.9 Å². The number of fused-ring (bicyclic) bond motifs is 3. The number of amides is 1. The fourth-order valence-electron chi connectivity index (χ4n) is 3.99. The number of hydrogen-bond acceptors (Lipinski definition) is 6. The zero-order chi connectivity index (χ0) is 20.0. The first-order valence-electron chi connectivity index (χ1n) is 10.0. The number of rotatable bonds is 4. The van der Waals surface area contributed by atoms with Gasteiger partial charge in [0.25, 0.3) is 5.91 Å². The van der Waals surface area contributed by atoms with Crippen LogP contribution in [-0.2, 0) is 4.79 Å². The van der Waals surface area contributed by atoms with Gasteiger partial charge >= 0.3 is 0 Å². The van der Waals surface area contributed by atoms with Crippen molar-refractivity contribution < 1.29 is 14.3 Å². The number of hydrogen-bond donors (Lipinski definition) is 2. The van der Waals surface area contributed by atoms with Crippen molar-refractivity contribution in [2.24, 2.45) is 5.10 Å². The fraction of sp³-hybridized carbons (Fsp3) is 0.364. The maximum absolute atomic E-state index is 12.2. The number of anilines is 2. The molecule has 2 aromatic carbocycles. The average Bonchev–Trinajstić information content (AvgIpc) is 2.72. The molecule has 2 N–H and O–H groups in total. The zero-order valence-corrected chi connectivity index (χ0v) is 16.6. The van der Waals surface area contributed by atoms with Crippen molar-refractivity contribution in [3.05, 3.63) is 36.4 Å². The Morgan fingerprint density at radius 2 is 2.14 bits per heavy atom. The van der Waals surface area contributed by atoms with E-state index in [0.29, 0.717) is 18.5 Å². The summed E-state index contributed by atoms with van der Waals surface area (Å²) in [5.41, 5.74) is 6.59. The van der Waals surface area contributed by atoms with E-state index < -0.39 is 0 Å². The molecule has 2 aromatic rings. The lowest BCUT2D eigenvalue weighted by molar-refractivity contribution is -0.122. The van der Waals surface area contributed by atoms with E-state index in [-0.39, 0.29) is 11.9 Å². The molecular formula is C22H24N4O3. The molecule has 1 amide bonds. The largest absolute Gasteiger partial charge is 0.497 e. The van der Waals surface area contributed by atoms with Crippen LogP contribution in [-0.4, -0.2) is 37.5 Å². The smallest absolute Gasteiger partial charge is 0.262 e. The lowest BCUT2D eigenvalue weighted by Crippen LogP contribution is -2.55. The summed E-state index contributed by atoms with van der Waals surface area (Å²) in [6.45, 7) is 2.21. The van der Waals surface area contributed by atoms with Crippen LogP contribution in [0.15, 0.2) is 41.5 Å². The molecule has 0 aromatic heterocycles. The first kappa shape index (κ1) is 17.8. The van der Waals surface area contributed by atoms with Gasteiger partial charge in [-0.15, -0.1) is 0 Å². The molecule has 7 heteroatoms. The number of benzene rings is 2. The molecule has 0 spiro atoms. The summed E-state index contributed by atoms with van der Waals surface area (Å²) < 4.78 is 11.4. The van der Waals surface area contributed by atoms with Crippen molar-refractivity contribution in [3.63, 3.8) is 0 Å². The lowest BCUT2D eigenvalue weighted by Gasteiger charge is -2.39. The number of carbonyl (C=O) groups is 1. The van der Waals surface area contributed by atoms with Crippen LogP contribution in [0.25, 0.3) is 11.1 Å². The second kappa shape index (κ2) is 6.99. The predicted octanol–water partition coefficient (Wildman–Crippen LogP) is 3.36. The Bertz CT molecular complexity index is 1000. The lowest BCUT2D eigenvalue weighted by atomic mass is 9.91. The Balaban J connectivity index is 1.63. The fourth-order valence-corrected chi connectivity index (χ4v) is 3.99. The molecule has 7 nitrogen and oxygen atoms in total. The summed E-state index contributed by atoms with van der Waals surface area (Å²) in [5, 5.41) is 7.88. The number of amidine groups is 1. The van der Waals surface area contributed by atoms with Crippen molar-refractivity contribution >= 4 is 23.1 Å². The van der Waals surface area contributed by atoms with Crippen molar-refractivity contribution in [3.8, 4) is 22.6 Å². The Morgan fingerprint density at radius 3 is 2.90 bits per heavy atom. The molecule has 3 aliphatic rings. The third-order valence-electron chi connectivity index (χ3n) is 5.90. The first-order valence-corrected chi connectivity index (χ1v) is 10.0. The van der Waals surface area contributed by atoms with Gasteiger partial charge in [-0.05, 0) is 56.0 Å². The Kier molecular flexibility index (Phi) is 4.30. The number of nitrogens with zero attached hydrogens (tertiary/aromatic N) is 2. The number of ether oxygens (including phenoxy) is 2. The minimum absolute atomic E-state index is 0.119. The van der Waals surface area contributed by atoms with Crippen LogP contribution in [0.5, 0.6) is 11.5 Å². The van der Waals surface area contributed by atoms with E-state index in [2.05, 4.69) is 34.0 Å². The van der Waals surface area contributed by atoms with E-state index in [1.807, 2.05) is 30.0 Å². The topological polar surface area (TPSA) is 75.2 Å². The second-order valence-corrected chi connectivity index (χ2v) is 7.71. The molecule has 1 aliphatic carbocycles. The molecule has 0 radical (unpaired) electrons. The molecule has 1 fully saturated rings. The maximum atomic E-state index is 12.2. The van der Waals surface area contributed by atoms with E-state index in [1.54, 1.807) is 7.11 Å². The Hall–Kier alpha value is -3.22. The molecule has 1 saturated carbocycles. The van der Waals surface area contributed by atoms with Crippen LogP contribution in [0.4, 0.5) is 11.4 Å². The molecule has 2 aliphatic heterocycles. The van der Waals surface area contributed by atoms with E-state index in [4.69, 9.17) is 9.47 Å². The van der Waals surface area contributed by atoms with Gasteiger partial charge in [0.05, 0.1) is 12.8 Å². The standard InChI is InChI=1S/C22H24N4O3/c1-13-22(27)25-24-21-12-29-20-10-17(14-5-3-8-16(9-14)28-2)18(11-19(20)26(13)21)23-15-6-4-7-15/h3,5,8-11,13,15,23H,4,6-7,12H2,1-2H3,(H,25,27). The first-order chi connectivity index (χ1) is 14.1. The third-order valence-corrected chi connectivity index (χ3v) is 5.90. The van der Waals surface area contributed by atoms with Gasteiger partial charge < -0.3 is 19.7 Å². The van der Waals surface area contributed by atoms with Crippen LogP contribution in [0.1, 0.15) is 26.2 Å². The maximum Gasteiger partial charge on any atom is 0.262 e. The van der Waals surface area contributed by atoms with E-state index in [9.17, 15) is 4.79 Å². The van der Waals surface area contributed by atoms with E-state index in [1.165, 1.54) is 19.3 Å². The predicted molar refractivity (Wildman–Crippen MR) is 113 cm³/mol. The second-order valence-electron chi connectivity index (χ2n) is 7.71. The van der Waals surface area contributed by atoms with Crippen LogP contribution >= 0.6 is 0 Å². The molecule has 2 heterocycles. The number of carbonyl (C=O) groups excluding carboxylic acids is 1. The monoisotopic (exact) mass is 392 g/mol. The van der Waals surface area contributed by atoms with Crippen molar-refractivity contribution in [1.82, 2.24) is 5.43 Å². The highest BCUT2D eigenvalue weighted by Crippen LogP contribution is 2.44. The Morgan fingerprint density at radius 1 is 1.28 bits per heavy atom. The molecular weight excluding hydrogens is 368 g/mol. The van der Waals surface area contributed by atoms with Crippen LogP contribution < -0.4 is 25.1 Å². The molecule has 5 rings (SSSR count). The van der Waals surface area contributed by atoms with Gasteiger partial charge in [-0.25, -0.2) is 5.43 Å². The highest BCUT2D eigenvalue weighted by atomic mass is 16.5. The summed E-state index contributed by atoms with van der Waals surface area (Å²) in [4.78, 5) is 14.2.